The molecule has 6 nitrogen and oxygen atoms in total. The standard InChI is InChI=1S/C19H15ClN2O4/c1-25-14-7-8-15(17(20)11-14)16-9-10-21-19(18(16)22(23)24)26-12-13-5-3-2-4-6-13/h2-11H,12H2,1H3. The van der Waals surface area contributed by atoms with Gasteiger partial charge in [-0.1, -0.05) is 41.9 Å². The first-order valence-electron chi connectivity index (χ1n) is 7.74. The number of nitro groups is 1. The van der Waals surface area contributed by atoms with Crippen LogP contribution in [0.15, 0.2) is 60.8 Å². The second kappa shape index (κ2) is 7.84. The highest BCUT2D eigenvalue weighted by Gasteiger charge is 2.25. The van der Waals surface area contributed by atoms with Gasteiger partial charge in [-0.15, -0.1) is 0 Å². The van der Waals surface area contributed by atoms with Gasteiger partial charge in [0.25, 0.3) is 5.88 Å². The first kappa shape index (κ1) is 17.7. The number of hydrogen-bond donors (Lipinski definition) is 0. The molecule has 0 aliphatic heterocycles. The molecule has 0 spiro atoms. The van der Waals surface area contributed by atoms with Crippen molar-refractivity contribution in [3.8, 4) is 22.8 Å². The molecule has 0 N–H and O–H groups in total. The van der Waals surface area contributed by atoms with Crippen molar-refractivity contribution >= 4 is 17.3 Å². The summed E-state index contributed by atoms with van der Waals surface area (Å²) >= 11 is 6.28. The van der Waals surface area contributed by atoms with Crippen LogP contribution in [-0.2, 0) is 6.61 Å². The van der Waals surface area contributed by atoms with E-state index in [1.165, 1.54) is 13.3 Å². The number of methoxy groups -OCH3 is 1. The summed E-state index contributed by atoms with van der Waals surface area (Å²) in [6.07, 6.45) is 1.46. The Labute approximate surface area is 155 Å². The van der Waals surface area contributed by atoms with Crippen molar-refractivity contribution in [3.63, 3.8) is 0 Å². The summed E-state index contributed by atoms with van der Waals surface area (Å²) in [5.41, 5.74) is 1.50. The maximum atomic E-state index is 11.7. The zero-order chi connectivity index (χ0) is 18.5. The van der Waals surface area contributed by atoms with Crippen LogP contribution in [0.1, 0.15) is 5.56 Å². The number of aromatic nitrogens is 1. The summed E-state index contributed by atoms with van der Waals surface area (Å²) in [7, 11) is 1.52. The highest BCUT2D eigenvalue weighted by atomic mass is 35.5. The van der Waals surface area contributed by atoms with Gasteiger partial charge in [0.15, 0.2) is 0 Å². The first-order valence-corrected chi connectivity index (χ1v) is 8.12. The van der Waals surface area contributed by atoms with E-state index < -0.39 is 4.92 Å². The van der Waals surface area contributed by atoms with Crippen LogP contribution in [0.2, 0.25) is 5.02 Å². The highest BCUT2D eigenvalue weighted by Crippen LogP contribution is 2.40. The monoisotopic (exact) mass is 370 g/mol. The molecule has 0 bridgehead atoms. The third kappa shape index (κ3) is 3.75. The van der Waals surface area contributed by atoms with Crippen molar-refractivity contribution in [1.82, 2.24) is 4.98 Å². The zero-order valence-electron chi connectivity index (χ0n) is 13.9. The molecule has 0 fully saturated rings. The van der Waals surface area contributed by atoms with E-state index in [9.17, 15) is 10.1 Å². The molecule has 0 aliphatic carbocycles. The molecule has 0 saturated carbocycles. The van der Waals surface area contributed by atoms with E-state index in [-0.39, 0.29) is 18.2 Å². The molecule has 26 heavy (non-hydrogen) atoms. The van der Waals surface area contributed by atoms with Crippen LogP contribution in [0.25, 0.3) is 11.1 Å². The number of ether oxygens (including phenoxy) is 2. The molecule has 0 unspecified atom stereocenters. The number of halogens is 1. The Morgan fingerprint density at radius 1 is 1.12 bits per heavy atom. The van der Waals surface area contributed by atoms with Gasteiger partial charge < -0.3 is 9.47 Å². The van der Waals surface area contributed by atoms with Crippen molar-refractivity contribution in [2.75, 3.05) is 7.11 Å². The fourth-order valence-electron chi connectivity index (χ4n) is 2.50. The fraction of sp³-hybridized carbons (Fsp3) is 0.105. The molecular weight excluding hydrogens is 356 g/mol. The molecule has 0 saturated heterocycles. The van der Waals surface area contributed by atoms with E-state index in [2.05, 4.69) is 4.98 Å². The molecule has 0 atom stereocenters. The smallest absolute Gasteiger partial charge is 0.338 e. The van der Waals surface area contributed by atoms with E-state index in [1.807, 2.05) is 30.3 Å². The molecule has 3 rings (SSSR count). The zero-order valence-corrected chi connectivity index (χ0v) is 14.6. The summed E-state index contributed by atoms with van der Waals surface area (Å²) in [6, 6.07) is 15.9. The lowest BCUT2D eigenvalue weighted by Crippen LogP contribution is -2.02. The SMILES string of the molecule is COc1ccc(-c2ccnc(OCc3ccccc3)c2[N+](=O)[O-])c(Cl)c1. The lowest BCUT2D eigenvalue weighted by molar-refractivity contribution is -0.385. The summed E-state index contributed by atoms with van der Waals surface area (Å²) in [6.45, 7) is 0.175. The third-order valence-electron chi connectivity index (χ3n) is 3.76. The molecule has 1 aromatic heterocycles. The van der Waals surface area contributed by atoms with Gasteiger partial charge in [-0.2, -0.15) is 0 Å². The second-order valence-electron chi connectivity index (χ2n) is 5.39. The summed E-state index contributed by atoms with van der Waals surface area (Å²) in [5.74, 6) is 0.513. The summed E-state index contributed by atoms with van der Waals surface area (Å²) in [4.78, 5) is 15.2. The maximum absolute atomic E-state index is 11.7. The number of benzene rings is 2. The Morgan fingerprint density at radius 2 is 1.88 bits per heavy atom. The van der Waals surface area contributed by atoms with Crippen LogP contribution in [-0.4, -0.2) is 17.0 Å². The van der Waals surface area contributed by atoms with E-state index in [0.717, 1.165) is 5.56 Å². The van der Waals surface area contributed by atoms with Crippen molar-refractivity contribution in [3.05, 3.63) is 81.5 Å². The van der Waals surface area contributed by atoms with Crippen LogP contribution >= 0.6 is 11.6 Å². The van der Waals surface area contributed by atoms with Gasteiger partial charge in [-0.25, -0.2) is 4.98 Å². The molecule has 0 aliphatic rings. The topological polar surface area (TPSA) is 74.5 Å². The number of pyridine rings is 1. The Bertz CT molecular complexity index is 932. The summed E-state index contributed by atoms with van der Waals surface area (Å²) < 4.78 is 10.7. The second-order valence-corrected chi connectivity index (χ2v) is 5.80. The Hall–Kier alpha value is -3.12. The Kier molecular flexibility index (Phi) is 5.34. The van der Waals surface area contributed by atoms with Crippen LogP contribution in [0, 0.1) is 10.1 Å². The molecule has 7 heteroatoms. The van der Waals surface area contributed by atoms with Gasteiger partial charge in [0.2, 0.25) is 0 Å². The average Bonchev–Trinajstić information content (AvgIpc) is 2.66. The van der Waals surface area contributed by atoms with Crippen LogP contribution in [0.3, 0.4) is 0 Å². The lowest BCUT2D eigenvalue weighted by atomic mass is 10.0. The van der Waals surface area contributed by atoms with E-state index in [0.29, 0.717) is 21.9 Å². The molecule has 132 valence electrons. The minimum atomic E-state index is -0.511. The number of hydrogen-bond acceptors (Lipinski definition) is 5. The molecule has 1 heterocycles. The number of rotatable bonds is 6. The van der Waals surface area contributed by atoms with Gasteiger partial charge in [-0.3, -0.25) is 10.1 Å². The van der Waals surface area contributed by atoms with Crippen LogP contribution in [0.5, 0.6) is 11.6 Å². The molecule has 3 aromatic rings. The molecule has 2 aromatic carbocycles. The van der Waals surface area contributed by atoms with Crippen LogP contribution in [0.4, 0.5) is 5.69 Å². The van der Waals surface area contributed by atoms with Crippen molar-refractivity contribution in [2.24, 2.45) is 0 Å². The summed E-state index contributed by atoms with van der Waals surface area (Å²) in [5, 5.41) is 12.0. The maximum Gasteiger partial charge on any atom is 0.338 e. The first-order chi connectivity index (χ1) is 12.6. The number of nitrogens with zero attached hydrogens (tertiary/aromatic N) is 2. The minimum Gasteiger partial charge on any atom is -0.497 e. The van der Waals surface area contributed by atoms with Gasteiger partial charge >= 0.3 is 5.69 Å². The lowest BCUT2D eigenvalue weighted by Gasteiger charge is -2.11. The molecule has 0 amide bonds. The minimum absolute atomic E-state index is 0.0526. The van der Waals surface area contributed by atoms with E-state index >= 15 is 0 Å². The predicted octanol–water partition coefficient (Wildman–Crippen LogP) is 4.90. The van der Waals surface area contributed by atoms with Crippen molar-refractivity contribution in [1.29, 1.82) is 0 Å². The third-order valence-corrected chi connectivity index (χ3v) is 4.07. The van der Waals surface area contributed by atoms with Gasteiger partial charge in [0, 0.05) is 11.8 Å². The van der Waals surface area contributed by atoms with Gasteiger partial charge in [-0.05, 0) is 29.8 Å². The quantitative estimate of drug-likeness (QED) is 0.455. The van der Waals surface area contributed by atoms with Crippen LogP contribution < -0.4 is 9.47 Å². The molecular formula is C19H15ClN2O4. The van der Waals surface area contributed by atoms with Crippen molar-refractivity contribution in [2.45, 2.75) is 6.61 Å². The van der Waals surface area contributed by atoms with Gasteiger partial charge in [0.05, 0.1) is 22.6 Å². The predicted molar refractivity (Wildman–Crippen MR) is 98.7 cm³/mol. The normalized spacial score (nSPS) is 10.4. The largest absolute Gasteiger partial charge is 0.497 e. The van der Waals surface area contributed by atoms with Gasteiger partial charge in [0.1, 0.15) is 12.4 Å². The van der Waals surface area contributed by atoms with Crippen molar-refractivity contribution < 1.29 is 14.4 Å². The Balaban J connectivity index is 2.00. The van der Waals surface area contributed by atoms with E-state index in [4.69, 9.17) is 21.1 Å². The highest BCUT2D eigenvalue weighted by molar-refractivity contribution is 6.33. The Morgan fingerprint density at radius 3 is 2.54 bits per heavy atom. The fourth-order valence-corrected chi connectivity index (χ4v) is 2.77. The molecule has 0 radical (unpaired) electrons. The average molecular weight is 371 g/mol. The van der Waals surface area contributed by atoms with E-state index in [1.54, 1.807) is 24.3 Å².